The van der Waals surface area contributed by atoms with Crippen molar-refractivity contribution in [3.05, 3.63) is 61.4 Å². The van der Waals surface area contributed by atoms with Crippen LogP contribution in [-0.4, -0.2) is 0 Å². The van der Waals surface area contributed by atoms with Crippen molar-refractivity contribution < 1.29 is 0 Å². The third-order valence-corrected chi connectivity index (χ3v) is 2.22. The standard InChI is InChI=1S/C12H12/c1-3-7-11(8-4-1)12-9-5-2-6-10-12/h1-12H/q+1. The molecule has 0 heteroatoms. The minimum Gasteiger partial charge on any atom is -0.0801 e. The molecule has 2 aliphatic carbocycles. The minimum atomic E-state index is 0.552. The zero-order chi connectivity index (χ0) is 8.23. The van der Waals surface area contributed by atoms with Crippen molar-refractivity contribution in [2.45, 2.75) is 0 Å². The van der Waals surface area contributed by atoms with E-state index in [0.29, 0.717) is 11.8 Å². The van der Waals surface area contributed by atoms with Crippen molar-refractivity contribution in [3.8, 4) is 0 Å². The summed E-state index contributed by atoms with van der Waals surface area (Å²) in [6, 6.07) is 0. The van der Waals surface area contributed by atoms with E-state index in [0.717, 1.165) is 0 Å². The Morgan fingerprint density at radius 3 is 2.25 bits per heavy atom. The lowest BCUT2D eigenvalue weighted by Crippen LogP contribution is -2.10. The van der Waals surface area contributed by atoms with Gasteiger partial charge in [-0.1, -0.05) is 24.3 Å². The third-order valence-electron chi connectivity index (χ3n) is 2.22. The Hall–Kier alpha value is -1.17. The lowest BCUT2D eigenvalue weighted by molar-refractivity contribution is 0.639. The maximum atomic E-state index is 2.24. The molecule has 0 N–H and O–H groups in total. The van der Waals surface area contributed by atoms with Gasteiger partial charge in [-0.25, -0.2) is 0 Å². The molecule has 12 heavy (non-hydrogen) atoms. The number of allylic oxidation sites excluding steroid dienone is 8. The van der Waals surface area contributed by atoms with Crippen LogP contribution in [0.3, 0.4) is 0 Å². The van der Waals surface area contributed by atoms with E-state index in [9.17, 15) is 0 Å². The van der Waals surface area contributed by atoms with Gasteiger partial charge < -0.3 is 0 Å². The van der Waals surface area contributed by atoms with Gasteiger partial charge in [0.15, 0.2) is 0 Å². The summed E-state index contributed by atoms with van der Waals surface area (Å²) in [4.78, 5) is 0. The van der Waals surface area contributed by atoms with Crippen molar-refractivity contribution in [3.63, 3.8) is 0 Å². The van der Waals surface area contributed by atoms with Crippen molar-refractivity contribution >= 4 is 0 Å². The molecule has 0 saturated heterocycles. The zero-order valence-electron chi connectivity index (χ0n) is 6.93. The molecule has 0 aliphatic heterocycles. The van der Waals surface area contributed by atoms with E-state index in [1.165, 1.54) is 0 Å². The van der Waals surface area contributed by atoms with E-state index in [4.69, 9.17) is 0 Å². The van der Waals surface area contributed by atoms with Crippen LogP contribution in [0.2, 0.25) is 0 Å². The van der Waals surface area contributed by atoms with E-state index >= 15 is 0 Å². The Morgan fingerprint density at radius 1 is 0.750 bits per heavy atom. The van der Waals surface area contributed by atoms with Crippen LogP contribution in [0.1, 0.15) is 0 Å². The van der Waals surface area contributed by atoms with Gasteiger partial charge in [0.25, 0.3) is 0 Å². The molecule has 2 rings (SSSR count). The second kappa shape index (κ2) is 3.48. The second-order valence-electron chi connectivity index (χ2n) is 3.08. The molecule has 0 nitrogen and oxygen atoms in total. The maximum absolute atomic E-state index is 2.24. The molecule has 0 fully saturated rings. The van der Waals surface area contributed by atoms with Crippen LogP contribution in [0, 0.1) is 24.7 Å². The van der Waals surface area contributed by atoms with Gasteiger partial charge in [0.2, 0.25) is 0 Å². The number of hydrogen-bond acceptors (Lipinski definition) is 0. The molecule has 2 aliphatic rings. The van der Waals surface area contributed by atoms with Gasteiger partial charge in [0, 0.05) is 36.6 Å². The van der Waals surface area contributed by atoms with Gasteiger partial charge in [-0.3, -0.25) is 0 Å². The van der Waals surface area contributed by atoms with Crippen LogP contribution in [0.4, 0.5) is 0 Å². The van der Waals surface area contributed by atoms with Crippen LogP contribution in [0.5, 0.6) is 0 Å². The fraction of sp³-hybridized carbons (Fsp3) is 0.167. The lowest BCUT2D eigenvalue weighted by atomic mass is 9.85. The van der Waals surface area contributed by atoms with E-state index in [-0.39, 0.29) is 0 Å². The van der Waals surface area contributed by atoms with E-state index in [1.807, 2.05) is 0 Å². The summed E-state index contributed by atoms with van der Waals surface area (Å²) in [5.74, 6) is 1.10. The van der Waals surface area contributed by atoms with Crippen LogP contribution < -0.4 is 0 Å². The molecule has 0 aromatic carbocycles. The summed E-state index contributed by atoms with van der Waals surface area (Å²) in [7, 11) is 0. The zero-order valence-corrected chi connectivity index (χ0v) is 6.93. The van der Waals surface area contributed by atoms with Gasteiger partial charge in [-0.05, 0) is 6.42 Å². The first-order valence-corrected chi connectivity index (χ1v) is 4.33. The van der Waals surface area contributed by atoms with Gasteiger partial charge in [-0.2, -0.15) is 0 Å². The molecule has 59 valence electrons. The van der Waals surface area contributed by atoms with E-state index < -0.39 is 0 Å². The first-order valence-electron chi connectivity index (χ1n) is 4.33. The summed E-state index contributed by atoms with van der Waals surface area (Å²) in [5.41, 5.74) is 0. The van der Waals surface area contributed by atoms with Crippen molar-refractivity contribution in [1.29, 1.82) is 0 Å². The smallest absolute Gasteiger partial charge is 0.0801 e. The Kier molecular flexibility index (Phi) is 2.17. The highest BCUT2D eigenvalue weighted by molar-refractivity contribution is 5.27. The SMILES string of the molecule is [CH]1C=CC=CC1C1C=C[CH+]C=C1. The predicted molar refractivity (Wildman–Crippen MR) is 52.1 cm³/mol. The molecule has 0 bridgehead atoms. The Balaban J connectivity index is 2.04. The van der Waals surface area contributed by atoms with Crippen molar-refractivity contribution in [1.82, 2.24) is 0 Å². The molecule has 1 radical (unpaired) electrons. The topological polar surface area (TPSA) is 0 Å². The van der Waals surface area contributed by atoms with Gasteiger partial charge >= 0.3 is 0 Å². The monoisotopic (exact) mass is 156 g/mol. The highest BCUT2D eigenvalue weighted by atomic mass is 14.2. The van der Waals surface area contributed by atoms with Crippen LogP contribution in [0.15, 0.2) is 48.6 Å². The predicted octanol–water partition coefficient (Wildman–Crippen LogP) is 2.88. The van der Waals surface area contributed by atoms with Gasteiger partial charge in [-0.15, -0.1) is 0 Å². The van der Waals surface area contributed by atoms with Gasteiger partial charge in [0.1, 0.15) is 0 Å². The molecule has 0 heterocycles. The summed E-state index contributed by atoms with van der Waals surface area (Å²) in [6.45, 7) is 0. The highest BCUT2D eigenvalue weighted by Gasteiger charge is 2.20. The first-order chi connectivity index (χ1) is 5.97. The molecule has 0 amide bonds. The molecular formula is C12H12+. The fourth-order valence-electron chi connectivity index (χ4n) is 1.54. The molecule has 0 saturated carbocycles. The minimum absolute atomic E-state index is 0.552. The molecular weight excluding hydrogens is 144 g/mol. The molecule has 1 unspecified atom stereocenters. The summed E-state index contributed by atoms with van der Waals surface area (Å²) in [6.07, 6.45) is 21.6. The Labute approximate surface area is 74.0 Å². The highest BCUT2D eigenvalue weighted by Crippen LogP contribution is 2.24. The molecule has 0 spiro atoms. The quantitative estimate of drug-likeness (QED) is 0.512. The maximum Gasteiger partial charge on any atom is 0.0895 e. The third kappa shape index (κ3) is 1.53. The van der Waals surface area contributed by atoms with Crippen LogP contribution in [0.25, 0.3) is 0 Å². The number of hydrogen-bond donors (Lipinski definition) is 0. The van der Waals surface area contributed by atoms with Gasteiger partial charge in [0.05, 0.1) is 5.92 Å². The molecule has 0 aromatic heterocycles. The average molecular weight is 156 g/mol. The Morgan fingerprint density at radius 2 is 1.58 bits per heavy atom. The lowest BCUT2D eigenvalue weighted by Gasteiger charge is -2.15. The second-order valence-corrected chi connectivity index (χ2v) is 3.08. The van der Waals surface area contributed by atoms with E-state index in [2.05, 4.69) is 61.4 Å². The van der Waals surface area contributed by atoms with Crippen LogP contribution >= 0.6 is 0 Å². The molecule has 0 aromatic rings. The Bertz CT molecular complexity index is 241. The summed E-state index contributed by atoms with van der Waals surface area (Å²) >= 11 is 0. The van der Waals surface area contributed by atoms with Crippen molar-refractivity contribution in [2.75, 3.05) is 0 Å². The first kappa shape index (κ1) is 7.48. The largest absolute Gasteiger partial charge is 0.0895 e. The summed E-state index contributed by atoms with van der Waals surface area (Å²) < 4.78 is 0. The average Bonchev–Trinajstić information content (AvgIpc) is 2.21. The summed E-state index contributed by atoms with van der Waals surface area (Å²) in [5, 5.41) is 0. The molecule has 1 atom stereocenters. The van der Waals surface area contributed by atoms with Crippen LogP contribution in [-0.2, 0) is 0 Å². The van der Waals surface area contributed by atoms with Crippen molar-refractivity contribution in [2.24, 2.45) is 11.8 Å². The number of rotatable bonds is 1. The van der Waals surface area contributed by atoms with E-state index in [1.54, 1.807) is 0 Å². The normalized spacial score (nSPS) is 27.5. The fourth-order valence-corrected chi connectivity index (χ4v) is 1.54.